The third kappa shape index (κ3) is 1.35. The summed E-state index contributed by atoms with van der Waals surface area (Å²) in [6.07, 6.45) is 2.72. The van der Waals surface area contributed by atoms with Gasteiger partial charge in [-0.25, -0.2) is 4.98 Å². The lowest BCUT2D eigenvalue weighted by Crippen LogP contribution is -2.36. The lowest BCUT2D eigenvalue weighted by molar-refractivity contribution is 0.168. The smallest absolute Gasteiger partial charge is 0.208 e. The summed E-state index contributed by atoms with van der Waals surface area (Å²) in [5.41, 5.74) is 0. The van der Waals surface area contributed by atoms with Gasteiger partial charge in [-0.05, 0) is 19.5 Å². The summed E-state index contributed by atoms with van der Waals surface area (Å²) in [5.74, 6) is 1.00. The van der Waals surface area contributed by atoms with Crippen molar-refractivity contribution in [3.63, 3.8) is 0 Å². The van der Waals surface area contributed by atoms with Crippen LogP contribution in [0.25, 0.3) is 0 Å². The molecule has 0 unspecified atom stereocenters. The number of imidazole rings is 1. The van der Waals surface area contributed by atoms with Crippen LogP contribution < -0.4 is 0 Å². The second-order valence-electron chi connectivity index (χ2n) is 2.84. The van der Waals surface area contributed by atoms with Crippen LogP contribution >= 0.6 is 0 Å². The van der Waals surface area contributed by atoms with Gasteiger partial charge in [0.25, 0.3) is 0 Å². The van der Waals surface area contributed by atoms with Crippen molar-refractivity contribution in [3.05, 3.63) is 12.0 Å². The summed E-state index contributed by atoms with van der Waals surface area (Å²) in [7, 11) is 0. The van der Waals surface area contributed by atoms with Gasteiger partial charge in [-0.1, -0.05) is 0 Å². The van der Waals surface area contributed by atoms with Gasteiger partial charge in [0.15, 0.2) is 0 Å². The zero-order valence-corrected chi connectivity index (χ0v) is 6.25. The van der Waals surface area contributed by atoms with E-state index in [0.717, 1.165) is 25.5 Å². The summed E-state index contributed by atoms with van der Waals surface area (Å²) >= 11 is 0. The molecule has 0 spiro atoms. The quantitative estimate of drug-likeness (QED) is 0.643. The summed E-state index contributed by atoms with van der Waals surface area (Å²) in [6.45, 7) is 3.14. The zero-order chi connectivity index (χ0) is 7.68. The number of rotatable bonds is 2. The maximum atomic E-state index is 8.92. The highest BCUT2D eigenvalue weighted by molar-refractivity contribution is 5.04. The maximum Gasteiger partial charge on any atom is 0.208 e. The molecule has 0 amide bonds. The Morgan fingerprint density at radius 1 is 1.64 bits per heavy atom. The normalized spacial score (nSPS) is 18.2. The summed E-state index contributed by atoms with van der Waals surface area (Å²) in [6, 6.07) is 0. The van der Waals surface area contributed by atoms with E-state index in [0.29, 0.717) is 0 Å². The molecular weight excluding hydrogens is 142 g/mol. The largest absolute Gasteiger partial charge is 0.493 e. The molecule has 1 saturated heterocycles. The van der Waals surface area contributed by atoms with E-state index in [9.17, 15) is 0 Å². The molecule has 1 aromatic rings. The Labute approximate surface area is 64.9 Å². The van der Waals surface area contributed by atoms with E-state index >= 15 is 0 Å². The fourth-order valence-corrected chi connectivity index (χ4v) is 1.18. The molecule has 4 heteroatoms. The average Bonchev–Trinajstić information content (AvgIpc) is 2.27. The molecule has 2 rings (SSSR count). The van der Waals surface area contributed by atoms with Crippen LogP contribution in [0.4, 0.5) is 0 Å². The van der Waals surface area contributed by atoms with Gasteiger partial charge >= 0.3 is 0 Å². The van der Waals surface area contributed by atoms with Crippen LogP contribution in [0.1, 0.15) is 12.2 Å². The molecule has 0 atom stereocenters. The molecule has 0 bridgehead atoms. The fraction of sp³-hybridized carbons (Fsp3) is 0.571. The summed E-state index contributed by atoms with van der Waals surface area (Å²) < 4.78 is 0. The van der Waals surface area contributed by atoms with Crippen LogP contribution in [-0.2, 0) is 6.54 Å². The lowest BCUT2D eigenvalue weighted by atomic mass is 10.2. The van der Waals surface area contributed by atoms with E-state index in [1.807, 2.05) is 0 Å². The lowest BCUT2D eigenvalue weighted by Gasteiger charge is -2.29. The number of aromatic nitrogens is 2. The first-order valence-electron chi connectivity index (χ1n) is 3.80. The van der Waals surface area contributed by atoms with Crippen molar-refractivity contribution < 1.29 is 5.11 Å². The van der Waals surface area contributed by atoms with Crippen LogP contribution in [-0.4, -0.2) is 33.1 Å². The number of aromatic hydroxyl groups is 1. The van der Waals surface area contributed by atoms with Gasteiger partial charge in [-0.3, -0.25) is 4.90 Å². The van der Waals surface area contributed by atoms with Gasteiger partial charge in [0.05, 0.1) is 12.7 Å². The molecule has 2 N–H and O–H groups in total. The van der Waals surface area contributed by atoms with Crippen molar-refractivity contribution in [2.45, 2.75) is 13.0 Å². The molecule has 0 aliphatic carbocycles. The van der Waals surface area contributed by atoms with Crippen LogP contribution in [0.15, 0.2) is 6.20 Å². The highest BCUT2D eigenvalue weighted by Gasteiger charge is 2.14. The van der Waals surface area contributed by atoms with Crippen molar-refractivity contribution in [2.75, 3.05) is 13.1 Å². The molecule has 1 aliphatic heterocycles. The summed E-state index contributed by atoms with van der Waals surface area (Å²) in [5, 5.41) is 8.92. The molecule has 11 heavy (non-hydrogen) atoms. The highest BCUT2D eigenvalue weighted by atomic mass is 16.3. The number of nitrogens with one attached hydrogen (secondary N) is 1. The standard InChI is InChI=1S/C7H11N3O/c11-7-4-8-6(9-7)5-10-2-1-3-10/h4,11H,1-3,5H2,(H,8,9). The monoisotopic (exact) mass is 153 g/mol. The van der Waals surface area contributed by atoms with Crippen molar-refractivity contribution in [2.24, 2.45) is 0 Å². The fourth-order valence-electron chi connectivity index (χ4n) is 1.18. The van der Waals surface area contributed by atoms with Crippen LogP contribution in [0.5, 0.6) is 5.88 Å². The van der Waals surface area contributed by atoms with Crippen LogP contribution in [0.2, 0.25) is 0 Å². The van der Waals surface area contributed by atoms with E-state index in [1.165, 1.54) is 12.6 Å². The first kappa shape index (κ1) is 6.67. The van der Waals surface area contributed by atoms with E-state index < -0.39 is 0 Å². The number of aromatic amines is 1. The number of hydrogen-bond donors (Lipinski definition) is 2. The minimum absolute atomic E-state index is 0.153. The van der Waals surface area contributed by atoms with Gasteiger partial charge < -0.3 is 10.1 Å². The van der Waals surface area contributed by atoms with Crippen molar-refractivity contribution >= 4 is 0 Å². The van der Waals surface area contributed by atoms with Gasteiger partial charge in [0.2, 0.25) is 5.88 Å². The number of likely N-dealkylation sites (tertiary alicyclic amines) is 1. The molecular formula is C7H11N3O. The number of nitrogens with zero attached hydrogens (tertiary/aromatic N) is 2. The Balaban J connectivity index is 1.95. The highest BCUT2D eigenvalue weighted by Crippen LogP contribution is 2.11. The first-order valence-corrected chi connectivity index (χ1v) is 3.80. The molecule has 1 aliphatic rings. The average molecular weight is 153 g/mol. The van der Waals surface area contributed by atoms with E-state index in [-0.39, 0.29) is 5.88 Å². The topological polar surface area (TPSA) is 52.2 Å². The van der Waals surface area contributed by atoms with E-state index in [1.54, 1.807) is 0 Å². The zero-order valence-electron chi connectivity index (χ0n) is 6.25. The predicted octanol–water partition coefficient (Wildman–Crippen LogP) is 0.321. The second kappa shape index (κ2) is 2.54. The van der Waals surface area contributed by atoms with E-state index in [4.69, 9.17) is 5.11 Å². The molecule has 0 saturated carbocycles. The second-order valence-corrected chi connectivity index (χ2v) is 2.84. The van der Waals surface area contributed by atoms with Gasteiger partial charge in [0, 0.05) is 0 Å². The van der Waals surface area contributed by atoms with Gasteiger partial charge in [0.1, 0.15) is 5.82 Å². The SMILES string of the molecule is Oc1cnc(CN2CCC2)[nH]1. The minimum atomic E-state index is 0.153. The Morgan fingerprint density at radius 2 is 2.45 bits per heavy atom. The first-order chi connectivity index (χ1) is 5.34. The van der Waals surface area contributed by atoms with Gasteiger partial charge in [-0.15, -0.1) is 0 Å². The molecule has 1 fully saturated rings. The third-order valence-electron chi connectivity index (χ3n) is 1.94. The summed E-state index contributed by atoms with van der Waals surface area (Å²) in [4.78, 5) is 9.04. The number of H-pyrrole nitrogens is 1. The minimum Gasteiger partial charge on any atom is -0.493 e. The Morgan fingerprint density at radius 3 is 2.91 bits per heavy atom. The molecule has 60 valence electrons. The Hall–Kier alpha value is -1.03. The van der Waals surface area contributed by atoms with E-state index in [2.05, 4.69) is 14.9 Å². The third-order valence-corrected chi connectivity index (χ3v) is 1.94. The maximum absolute atomic E-state index is 8.92. The predicted molar refractivity (Wildman–Crippen MR) is 40.1 cm³/mol. The molecule has 1 aromatic heterocycles. The molecule has 4 nitrogen and oxygen atoms in total. The van der Waals surface area contributed by atoms with Crippen molar-refractivity contribution in [1.29, 1.82) is 0 Å². The van der Waals surface area contributed by atoms with Crippen LogP contribution in [0, 0.1) is 0 Å². The van der Waals surface area contributed by atoms with Crippen molar-refractivity contribution in [1.82, 2.24) is 14.9 Å². The Kier molecular flexibility index (Phi) is 1.54. The molecule has 2 heterocycles. The van der Waals surface area contributed by atoms with Crippen LogP contribution in [0.3, 0.4) is 0 Å². The Bertz CT molecular complexity index is 242. The van der Waals surface area contributed by atoms with Crippen molar-refractivity contribution in [3.8, 4) is 5.88 Å². The van der Waals surface area contributed by atoms with Gasteiger partial charge in [-0.2, -0.15) is 0 Å². The molecule has 0 radical (unpaired) electrons. The molecule has 0 aromatic carbocycles. The number of hydrogen-bond acceptors (Lipinski definition) is 3.